The molecule has 0 spiro atoms. The van der Waals surface area contributed by atoms with Crippen molar-refractivity contribution in [2.45, 2.75) is 69.7 Å². The van der Waals surface area contributed by atoms with Crippen molar-refractivity contribution in [2.75, 3.05) is 11.9 Å². The molecule has 2 aromatic carbocycles. The molecule has 0 saturated heterocycles. The van der Waals surface area contributed by atoms with E-state index in [2.05, 4.69) is 10.0 Å². The fourth-order valence-corrected chi connectivity index (χ4v) is 5.63. The van der Waals surface area contributed by atoms with Crippen LogP contribution in [0.3, 0.4) is 0 Å². The van der Waals surface area contributed by atoms with Crippen LogP contribution in [0, 0.1) is 0 Å². The molecule has 0 unspecified atom stereocenters. The lowest BCUT2D eigenvalue weighted by molar-refractivity contribution is -0.118. The van der Waals surface area contributed by atoms with Gasteiger partial charge in [0.05, 0.1) is 9.92 Å². The number of halogens is 1. The normalized spacial score (nSPS) is 14.8. The van der Waals surface area contributed by atoms with E-state index in [4.69, 9.17) is 16.3 Å². The fraction of sp³-hybridized carbons (Fsp3) is 0.458. The Balaban J connectivity index is 1.63. The molecule has 0 atom stereocenters. The van der Waals surface area contributed by atoms with Crippen LogP contribution in [0.15, 0.2) is 41.3 Å². The van der Waals surface area contributed by atoms with Crippen molar-refractivity contribution < 1.29 is 17.9 Å². The Morgan fingerprint density at radius 2 is 1.72 bits per heavy atom. The summed E-state index contributed by atoms with van der Waals surface area (Å²) in [5, 5.41) is 3.08. The lowest BCUT2D eigenvalue weighted by Gasteiger charge is -2.22. The average molecular weight is 479 g/mol. The topological polar surface area (TPSA) is 84.5 Å². The zero-order valence-electron chi connectivity index (χ0n) is 18.6. The lowest BCUT2D eigenvalue weighted by Crippen LogP contribution is -2.36. The Hall–Kier alpha value is -2.09. The standard InChI is InChI=1S/C24H31ClN2O4S/c1-3-17-9-8-10-18(4-2)24(17)26-23(28)16-31-22-14-13-20(15-21(22)25)32(29,30)27-19-11-6-5-7-12-19/h8-10,13-15,19,27H,3-7,11-12,16H2,1-2H3,(H,26,28). The Morgan fingerprint density at radius 3 is 2.31 bits per heavy atom. The number of amides is 1. The first-order valence-corrected chi connectivity index (χ1v) is 13.1. The number of rotatable bonds is 9. The number of hydrogen-bond donors (Lipinski definition) is 2. The second-order valence-corrected chi connectivity index (χ2v) is 10.2. The first-order valence-electron chi connectivity index (χ1n) is 11.2. The first-order chi connectivity index (χ1) is 15.3. The highest BCUT2D eigenvalue weighted by Crippen LogP contribution is 2.29. The average Bonchev–Trinajstić information content (AvgIpc) is 2.78. The number of hydrogen-bond acceptors (Lipinski definition) is 4. The summed E-state index contributed by atoms with van der Waals surface area (Å²) in [5.41, 5.74) is 2.96. The van der Waals surface area contributed by atoms with Gasteiger partial charge in [-0.15, -0.1) is 0 Å². The maximum atomic E-state index is 12.7. The van der Waals surface area contributed by atoms with Crippen LogP contribution in [0.25, 0.3) is 0 Å². The minimum Gasteiger partial charge on any atom is -0.482 e. The summed E-state index contributed by atoms with van der Waals surface area (Å²) in [6.07, 6.45) is 6.53. The molecule has 0 bridgehead atoms. The SMILES string of the molecule is CCc1cccc(CC)c1NC(=O)COc1ccc(S(=O)(=O)NC2CCCCC2)cc1Cl. The van der Waals surface area contributed by atoms with Crippen LogP contribution in [0.2, 0.25) is 5.02 Å². The number of nitrogens with one attached hydrogen (secondary N) is 2. The Bertz CT molecular complexity index is 1030. The summed E-state index contributed by atoms with van der Waals surface area (Å²) in [4.78, 5) is 12.6. The fourth-order valence-electron chi connectivity index (χ4n) is 4.00. The molecule has 1 fully saturated rings. The van der Waals surface area contributed by atoms with E-state index in [1.54, 1.807) is 0 Å². The van der Waals surface area contributed by atoms with Crippen molar-refractivity contribution in [3.63, 3.8) is 0 Å². The van der Waals surface area contributed by atoms with Gasteiger partial charge in [0.1, 0.15) is 5.75 Å². The Morgan fingerprint density at radius 1 is 1.06 bits per heavy atom. The third-order valence-electron chi connectivity index (χ3n) is 5.76. The van der Waals surface area contributed by atoms with Gasteiger partial charge in [-0.05, 0) is 55.0 Å². The highest BCUT2D eigenvalue weighted by atomic mass is 35.5. The number of anilines is 1. The molecule has 2 N–H and O–H groups in total. The monoisotopic (exact) mass is 478 g/mol. The number of carbonyl (C=O) groups excluding carboxylic acids is 1. The van der Waals surface area contributed by atoms with Gasteiger partial charge in [-0.3, -0.25) is 4.79 Å². The molecular weight excluding hydrogens is 448 g/mol. The van der Waals surface area contributed by atoms with E-state index in [-0.39, 0.29) is 34.2 Å². The van der Waals surface area contributed by atoms with Gasteiger partial charge in [-0.25, -0.2) is 13.1 Å². The van der Waals surface area contributed by atoms with Gasteiger partial charge < -0.3 is 10.1 Å². The van der Waals surface area contributed by atoms with E-state index in [0.29, 0.717) is 0 Å². The summed E-state index contributed by atoms with van der Waals surface area (Å²) in [5.74, 6) is -0.0368. The molecule has 1 saturated carbocycles. The molecule has 0 heterocycles. The zero-order valence-corrected chi connectivity index (χ0v) is 20.2. The van der Waals surface area contributed by atoms with Crippen molar-refractivity contribution >= 4 is 33.2 Å². The van der Waals surface area contributed by atoms with E-state index in [1.165, 1.54) is 18.2 Å². The molecule has 1 aliphatic rings. The summed E-state index contributed by atoms with van der Waals surface area (Å²) < 4.78 is 33.7. The number of para-hydroxylation sites is 1. The van der Waals surface area contributed by atoms with Crippen LogP contribution in [-0.4, -0.2) is 27.0 Å². The highest BCUT2D eigenvalue weighted by Gasteiger charge is 2.23. The third-order valence-corrected chi connectivity index (χ3v) is 7.58. The van der Waals surface area contributed by atoms with Crippen molar-refractivity contribution in [2.24, 2.45) is 0 Å². The first kappa shape index (κ1) is 24.6. The Labute approximate surface area is 195 Å². The second-order valence-electron chi connectivity index (χ2n) is 8.04. The van der Waals surface area contributed by atoms with E-state index in [9.17, 15) is 13.2 Å². The lowest BCUT2D eigenvalue weighted by atomic mass is 9.96. The van der Waals surface area contributed by atoms with E-state index >= 15 is 0 Å². The molecule has 0 radical (unpaired) electrons. The van der Waals surface area contributed by atoms with Crippen molar-refractivity contribution in [3.8, 4) is 5.75 Å². The van der Waals surface area contributed by atoms with Gasteiger partial charge in [0.2, 0.25) is 10.0 Å². The highest BCUT2D eigenvalue weighted by molar-refractivity contribution is 7.89. The Kier molecular flexibility index (Phi) is 8.57. The van der Waals surface area contributed by atoms with Crippen LogP contribution in [-0.2, 0) is 27.7 Å². The third kappa shape index (κ3) is 6.24. The molecule has 2 aromatic rings. The van der Waals surface area contributed by atoms with Crippen LogP contribution < -0.4 is 14.8 Å². The van der Waals surface area contributed by atoms with Gasteiger partial charge in [-0.1, -0.05) is 62.9 Å². The number of carbonyl (C=O) groups is 1. The van der Waals surface area contributed by atoms with E-state index in [0.717, 1.165) is 61.8 Å². The maximum Gasteiger partial charge on any atom is 0.262 e. The van der Waals surface area contributed by atoms with Crippen molar-refractivity contribution in [3.05, 3.63) is 52.5 Å². The largest absolute Gasteiger partial charge is 0.482 e. The summed E-state index contributed by atoms with van der Waals surface area (Å²) >= 11 is 6.27. The molecule has 0 aromatic heterocycles. The van der Waals surface area contributed by atoms with Gasteiger partial charge in [0, 0.05) is 11.7 Å². The molecule has 174 valence electrons. The molecule has 6 nitrogen and oxygen atoms in total. The zero-order chi connectivity index (χ0) is 23.1. The van der Waals surface area contributed by atoms with Crippen molar-refractivity contribution in [1.82, 2.24) is 4.72 Å². The molecule has 1 aliphatic carbocycles. The molecule has 0 aliphatic heterocycles. The molecular formula is C24H31ClN2O4S. The van der Waals surface area contributed by atoms with E-state index in [1.807, 2.05) is 32.0 Å². The minimum atomic E-state index is -3.66. The van der Waals surface area contributed by atoms with Crippen LogP contribution in [0.4, 0.5) is 5.69 Å². The quantitative estimate of drug-likeness (QED) is 0.525. The van der Waals surface area contributed by atoms with E-state index < -0.39 is 10.0 Å². The van der Waals surface area contributed by atoms with Crippen LogP contribution in [0.5, 0.6) is 5.75 Å². The number of benzene rings is 2. The second kappa shape index (κ2) is 11.2. The predicted molar refractivity (Wildman–Crippen MR) is 128 cm³/mol. The molecule has 1 amide bonds. The van der Waals surface area contributed by atoms with Crippen LogP contribution in [0.1, 0.15) is 57.1 Å². The number of ether oxygens (including phenoxy) is 1. The van der Waals surface area contributed by atoms with Gasteiger partial charge in [0.15, 0.2) is 6.61 Å². The number of sulfonamides is 1. The maximum absolute atomic E-state index is 12.7. The summed E-state index contributed by atoms with van der Waals surface area (Å²) in [7, 11) is -3.66. The van der Waals surface area contributed by atoms with Crippen molar-refractivity contribution in [1.29, 1.82) is 0 Å². The molecule has 8 heteroatoms. The minimum absolute atomic E-state index is 0.0360. The summed E-state index contributed by atoms with van der Waals surface area (Å²) in [6, 6.07) is 10.2. The smallest absolute Gasteiger partial charge is 0.262 e. The number of aryl methyl sites for hydroxylation is 2. The van der Waals surface area contributed by atoms with Crippen LogP contribution >= 0.6 is 11.6 Å². The predicted octanol–water partition coefficient (Wildman–Crippen LogP) is 5.09. The molecule has 32 heavy (non-hydrogen) atoms. The van der Waals surface area contributed by atoms with Gasteiger partial charge >= 0.3 is 0 Å². The molecule has 3 rings (SSSR count). The van der Waals surface area contributed by atoms with Gasteiger partial charge in [-0.2, -0.15) is 0 Å². The summed E-state index contributed by atoms with van der Waals surface area (Å²) in [6.45, 7) is 3.85. The van der Waals surface area contributed by atoms with Gasteiger partial charge in [0.25, 0.3) is 5.91 Å².